The van der Waals surface area contributed by atoms with Crippen molar-refractivity contribution in [3.63, 3.8) is 0 Å². The van der Waals surface area contributed by atoms with E-state index in [0.717, 1.165) is 17.8 Å². The molecule has 2 aliphatic rings. The molecule has 0 bridgehead atoms. The van der Waals surface area contributed by atoms with Crippen molar-refractivity contribution in [3.8, 4) is 11.1 Å². The van der Waals surface area contributed by atoms with Gasteiger partial charge in [0.25, 0.3) is 0 Å². The van der Waals surface area contributed by atoms with Gasteiger partial charge in [0.1, 0.15) is 0 Å². The van der Waals surface area contributed by atoms with Gasteiger partial charge in [-0.25, -0.2) is 0 Å². The highest BCUT2D eigenvalue weighted by Gasteiger charge is 2.28. The van der Waals surface area contributed by atoms with Crippen LogP contribution in [0.1, 0.15) is 115 Å². The van der Waals surface area contributed by atoms with Gasteiger partial charge in [0.15, 0.2) is 0 Å². The van der Waals surface area contributed by atoms with Crippen LogP contribution in [0.2, 0.25) is 0 Å². The van der Waals surface area contributed by atoms with E-state index in [4.69, 9.17) is 0 Å². The quantitative estimate of drug-likeness (QED) is 0.295. The Kier molecular flexibility index (Phi) is 9.90. The lowest BCUT2D eigenvalue weighted by Crippen LogP contribution is -2.23. The SMILES string of the molecule is CCCCCc1ccc(-c2ccc(C3=CCC([C@H]4CC[C@H](CCCCC)CC4)CC3)cc2)cc1. The molecular formula is C34H48. The van der Waals surface area contributed by atoms with Crippen molar-refractivity contribution in [3.05, 3.63) is 65.7 Å². The first-order chi connectivity index (χ1) is 16.8. The minimum absolute atomic E-state index is 0.940. The fourth-order valence-corrected chi connectivity index (χ4v) is 6.50. The minimum Gasteiger partial charge on any atom is -0.0804 e. The predicted molar refractivity (Wildman–Crippen MR) is 150 cm³/mol. The molecule has 0 heteroatoms. The average molecular weight is 457 g/mol. The zero-order chi connectivity index (χ0) is 23.6. The average Bonchev–Trinajstić information content (AvgIpc) is 2.90. The minimum atomic E-state index is 0.940. The second-order valence-corrected chi connectivity index (χ2v) is 11.3. The van der Waals surface area contributed by atoms with Crippen LogP contribution in [0, 0.1) is 17.8 Å². The second kappa shape index (κ2) is 13.3. The number of allylic oxidation sites excluding steroid dienone is 2. The third-order valence-corrected chi connectivity index (χ3v) is 8.84. The molecule has 0 amide bonds. The van der Waals surface area contributed by atoms with E-state index >= 15 is 0 Å². The molecule has 0 spiro atoms. The third kappa shape index (κ3) is 7.10. The zero-order valence-corrected chi connectivity index (χ0v) is 22.0. The summed E-state index contributed by atoms with van der Waals surface area (Å²) < 4.78 is 0. The normalized spacial score (nSPS) is 23.0. The summed E-state index contributed by atoms with van der Waals surface area (Å²) in [5.74, 6) is 2.97. The summed E-state index contributed by atoms with van der Waals surface area (Å²) in [6.07, 6.45) is 23.5. The summed E-state index contributed by atoms with van der Waals surface area (Å²) in [7, 11) is 0. The van der Waals surface area contributed by atoms with Gasteiger partial charge in [0, 0.05) is 0 Å². The Hall–Kier alpha value is -1.82. The van der Waals surface area contributed by atoms with Crippen molar-refractivity contribution in [1.29, 1.82) is 0 Å². The maximum atomic E-state index is 2.58. The maximum Gasteiger partial charge on any atom is -0.0184 e. The van der Waals surface area contributed by atoms with Crippen LogP contribution >= 0.6 is 0 Å². The molecule has 0 nitrogen and oxygen atoms in total. The highest BCUT2D eigenvalue weighted by Crippen LogP contribution is 2.42. The van der Waals surface area contributed by atoms with Crippen molar-refractivity contribution < 1.29 is 0 Å². The molecule has 34 heavy (non-hydrogen) atoms. The van der Waals surface area contributed by atoms with Crippen molar-refractivity contribution >= 4 is 5.57 Å². The number of hydrogen-bond donors (Lipinski definition) is 0. The number of rotatable bonds is 11. The third-order valence-electron chi connectivity index (χ3n) is 8.84. The largest absolute Gasteiger partial charge is 0.0804 e. The Labute approximate surface area is 210 Å². The Morgan fingerprint density at radius 2 is 1.24 bits per heavy atom. The van der Waals surface area contributed by atoms with Crippen molar-refractivity contribution in [2.24, 2.45) is 17.8 Å². The summed E-state index contributed by atoms with van der Waals surface area (Å²) >= 11 is 0. The number of unbranched alkanes of at least 4 members (excludes halogenated alkanes) is 4. The van der Waals surface area contributed by atoms with E-state index in [1.54, 1.807) is 5.57 Å². The molecule has 2 aliphatic carbocycles. The molecule has 0 radical (unpaired) electrons. The summed E-state index contributed by atoms with van der Waals surface area (Å²) in [4.78, 5) is 0. The van der Waals surface area contributed by atoms with Crippen LogP contribution in [0.15, 0.2) is 54.6 Å². The van der Waals surface area contributed by atoms with Crippen molar-refractivity contribution in [2.45, 2.75) is 110 Å². The first-order valence-electron chi connectivity index (χ1n) is 14.7. The van der Waals surface area contributed by atoms with Gasteiger partial charge in [-0.15, -0.1) is 0 Å². The van der Waals surface area contributed by atoms with Crippen LogP contribution in [-0.4, -0.2) is 0 Å². The van der Waals surface area contributed by atoms with Gasteiger partial charge in [0.2, 0.25) is 0 Å². The van der Waals surface area contributed by atoms with Crippen LogP contribution in [0.4, 0.5) is 0 Å². The fraction of sp³-hybridized carbons (Fsp3) is 0.588. The smallest absolute Gasteiger partial charge is 0.0184 e. The molecular weight excluding hydrogens is 408 g/mol. The second-order valence-electron chi connectivity index (χ2n) is 11.3. The molecule has 0 aromatic heterocycles. The van der Waals surface area contributed by atoms with Gasteiger partial charge >= 0.3 is 0 Å². The van der Waals surface area contributed by atoms with E-state index < -0.39 is 0 Å². The van der Waals surface area contributed by atoms with Crippen LogP contribution in [0.5, 0.6) is 0 Å². The Balaban J connectivity index is 1.26. The predicted octanol–water partition coefficient (Wildman–Crippen LogP) is 10.7. The van der Waals surface area contributed by atoms with Gasteiger partial charge in [-0.1, -0.05) is 120 Å². The molecule has 1 atom stereocenters. The standard InChI is InChI=1S/C34H48/c1-3-5-7-9-27-11-15-29(16-12-27)31-19-23-33(24-20-31)34-25-21-32(22-26-34)30-17-13-28(14-18-30)10-8-6-4-2/h11-12,15-16,19-20,23-25,28,30,32H,3-10,13-14,17-18,21-22,26H2,1-2H3/t28-,30-,32?. The first-order valence-corrected chi connectivity index (χ1v) is 14.7. The number of benzene rings is 2. The fourth-order valence-electron chi connectivity index (χ4n) is 6.50. The molecule has 0 N–H and O–H groups in total. The van der Waals surface area contributed by atoms with E-state index in [0.29, 0.717) is 0 Å². The lowest BCUT2D eigenvalue weighted by molar-refractivity contribution is 0.187. The highest BCUT2D eigenvalue weighted by atomic mass is 14.3. The van der Waals surface area contributed by atoms with E-state index in [1.165, 1.54) is 119 Å². The van der Waals surface area contributed by atoms with Crippen LogP contribution < -0.4 is 0 Å². The molecule has 2 aromatic carbocycles. The highest BCUT2D eigenvalue weighted by molar-refractivity contribution is 5.71. The van der Waals surface area contributed by atoms with E-state index in [9.17, 15) is 0 Å². The van der Waals surface area contributed by atoms with Crippen molar-refractivity contribution in [1.82, 2.24) is 0 Å². The van der Waals surface area contributed by atoms with Crippen LogP contribution in [0.3, 0.4) is 0 Å². The summed E-state index contributed by atoms with van der Waals surface area (Å²) in [6, 6.07) is 18.6. The van der Waals surface area contributed by atoms with Gasteiger partial charge in [0.05, 0.1) is 0 Å². The molecule has 0 saturated heterocycles. The molecule has 4 rings (SSSR count). The van der Waals surface area contributed by atoms with E-state index in [-0.39, 0.29) is 0 Å². The van der Waals surface area contributed by atoms with Crippen LogP contribution in [-0.2, 0) is 6.42 Å². The molecule has 2 aromatic rings. The lowest BCUT2D eigenvalue weighted by atomic mass is 9.70. The van der Waals surface area contributed by atoms with E-state index in [2.05, 4.69) is 68.5 Å². The maximum absolute atomic E-state index is 2.58. The lowest BCUT2D eigenvalue weighted by Gasteiger charge is -2.35. The first kappa shape index (κ1) is 25.3. The van der Waals surface area contributed by atoms with Gasteiger partial charge < -0.3 is 0 Å². The van der Waals surface area contributed by atoms with E-state index in [1.807, 2.05) is 0 Å². The molecule has 1 saturated carbocycles. The molecule has 0 aliphatic heterocycles. The molecule has 1 fully saturated rings. The van der Waals surface area contributed by atoms with Crippen LogP contribution in [0.25, 0.3) is 16.7 Å². The molecule has 184 valence electrons. The molecule has 0 heterocycles. The van der Waals surface area contributed by atoms with Gasteiger partial charge in [-0.3, -0.25) is 0 Å². The summed E-state index contributed by atoms with van der Waals surface area (Å²) in [6.45, 7) is 4.60. The van der Waals surface area contributed by atoms with Crippen molar-refractivity contribution in [2.75, 3.05) is 0 Å². The summed E-state index contributed by atoms with van der Waals surface area (Å²) in [5.41, 5.74) is 7.18. The van der Waals surface area contributed by atoms with Gasteiger partial charge in [-0.05, 0) is 90.5 Å². The molecule has 1 unspecified atom stereocenters. The topological polar surface area (TPSA) is 0 Å². The Bertz CT molecular complexity index is 861. The monoisotopic (exact) mass is 456 g/mol. The Morgan fingerprint density at radius 1 is 0.618 bits per heavy atom. The Morgan fingerprint density at radius 3 is 1.85 bits per heavy atom. The zero-order valence-electron chi connectivity index (χ0n) is 22.0. The summed E-state index contributed by atoms with van der Waals surface area (Å²) in [5, 5.41) is 0. The number of aryl methyl sites for hydroxylation is 1. The van der Waals surface area contributed by atoms with Gasteiger partial charge in [-0.2, -0.15) is 0 Å². The number of hydrogen-bond acceptors (Lipinski definition) is 0.